The van der Waals surface area contributed by atoms with Crippen molar-refractivity contribution in [2.24, 2.45) is 0 Å². The second-order valence-electron chi connectivity index (χ2n) is 6.26. The first-order valence-corrected chi connectivity index (χ1v) is 12.2. The SMILES string of the molecule is COc1ccc(NC(=O)[C@H](Cc2ccccc2)NS(=O)(=O)c2ccc(Br)s2)cc1Cl. The number of hydrogen-bond acceptors (Lipinski definition) is 5. The number of ether oxygens (including phenoxy) is 1. The summed E-state index contributed by atoms with van der Waals surface area (Å²) < 4.78 is 34.0. The van der Waals surface area contributed by atoms with Gasteiger partial charge in [0.05, 0.1) is 15.9 Å². The van der Waals surface area contributed by atoms with Crippen molar-refractivity contribution < 1.29 is 17.9 Å². The Balaban J connectivity index is 1.85. The van der Waals surface area contributed by atoms with Gasteiger partial charge in [0, 0.05) is 5.69 Å². The van der Waals surface area contributed by atoms with Crippen LogP contribution in [-0.4, -0.2) is 27.5 Å². The fourth-order valence-corrected chi connectivity index (χ4v) is 6.18. The molecule has 0 unspecified atom stereocenters. The molecule has 0 spiro atoms. The van der Waals surface area contributed by atoms with Crippen molar-refractivity contribution in [1.29, 1.82) is 0 Å². The molecule has 0 saturated carbocycles. The molecule has 2 N–H and O–H groups in total. The van der Waals surface area contributed by atoms with Crippen molar-refractivity contribution in [1.82, 2.24) is 4.72 Å². The molecule has 0 aliphatic heterocycles. The molecule has 10 heteroatoms. The number of rotatable bonds is 8. The van der Waals surface area contributed by atoms with E-state index in [1.165, 1.54) is 13.2 Å². The number of methoxy groups -OCH3 is 1. The van der Waals surface area contributed by atoms with Gasteiger partial charge in [0.15, 0.2) is 0 Å². The zero-order valence-corrected chi connectivity index (χ0v) is 19.7. The number of carbonyl (C=O) groups is 1. The van der Waals surface area contributed by atoms with Crippen LogP contribution in [0.4, 0.5) is 5.69 Å². The van der Waals surface area contributed by atoms with Crippen LogP contribution in [-0.2, 0) is 21.2 Å². The minimum Gasteiger partial charge on any atom is -0.495 e. The number of nitrogens with one attached hydrogen (secondary N) is 2. The van der Waals surface area contributed by atoms with Gasteiger partial charge in [-0.05, 0) is 58.2 Å². The van der Waals surface area contributed by atoms with Crippen LogP contribution in [0, 0.1) is 0 Å². The van der Waals surface area contributed by atoms with E-state index in [0.29, 0.717) is 20.2 Å². The van der Waals surface area contributed by atoms with E-state index in [-0.39, 0.29) is 10.6 Å². The van der Waals surface area contributed by atoms with Crippen molar-refractivity contribution in [3.63, 3.8) is 0 Å². The van der Waals surface area contributed by atoms with Gasteiger partial charge in [-0.15, -0.1) is 11.3 Å². The Morgan fingerprint density at radius 3 is 2.50 bits per heavy atom. The van der Waals surface area contributed by atoms with Gasteiger partial charge in [-0.1, -0.05) is 41.9 Å². The number of thiophene rings is 1. The van der Waals surface area contributed by atoms with E-state index in [4.69, 9.17) is 16.3 Å². The van der Waals surface area contributed by atoms with Crippen molar-refractivity contribution in [2.75, 3.05) is 12.4 Å². The first-order chi connectivity index (χ1) is 14.3. The Bertz CT molecular complexity index is 1140. The molecule has 30 heavy (non-hydrogen) atoms. The average Bonchev–Trinajstić information content (AvgIpc) is 3.16. The number of sulfonamides is 1. The molecule has 1 atom stereocenters. The predicted octanol–water partition coefficient (Wildman–Crippen LogP) is 4.70. The molecule has 0 aliphatic rings. The first kappa shape index (κ1) is 22.8. The van der Waals surface area contributed by atoms with E-state index < -0.39 is 22.0 Å². The normalized spacial score (nSPS) is 12.4. The summed E-state index contributed by atoms with van der Waals surface area (Å²) in [7, 11) is -2.39. The molecule has 1 heterocycles. The van der Waals surface area contributed by atoms with Crippen LogP contribution < -0.4 is 14.8 Å². The maximum absolute atomic E-state index is 13.0. The van der Waals surface area contributed by atoms with Gasteiger partial charge in [-0.25, -0.2) is 8.42 Å². The van der Waals surface area contributed by atoms with Crippen LogP contribution in [0.25, 0.3) is 0 Å². The van der Waals surface area contributed by atoms with E-state index in [1.807, 2.05) is 30.3 Å². The Hall–Kier alpha value is -1.91. The van der Waals surface area contributed by atoms with Crippen molar-refractivity contribution in [3.8, 4) is 5.75 Å². The molecule has 0 fully saturated rings. The third-order valence-electron chi connectivity index (χ3n) is 4.13. The quantitative estimate of drug-likeness (QED) is 0.443. The van der Waals surface area contributed by atoms with Gasteiger partial charge >= 0.3 is 0 Å². The molecule has 0 saturated heterocycles. The molecule has 1 aromatic heterocycles. The molecule has 0 bridgehead atoms. The van der Waals surface area contributed by atoms with Gasteiger partial charge in [0.1, 0.15) is 16.0 Å². The number of hydrogen-bond donors (Lipinski definition) is 2. The number of halogens is 2. The Labute approximate surface area is 192 Å². The summed E-state index contributed by atoms with van der Waals surface area (Å²) in [5, 5.41) is 3.05. The topological polar surface area (TPSA) is 84.5 Å². The summed E-state index contributed by atoms with van der Waals surface area (Å²) in [6, 6.07) is 16.1. The standard InChI is InChI=1S/C20H18BrClN2O4S2/c1-28-17-8-7-14(12-15(17)22)23-20(25)16(11-13-5-3-2-4-6-13)24-30(26,27)19-10-9-18(21)29-19/h2-10,12,16,24H,11H2,1H3,(H,23,25)/t16-/m0/s1. The monoisotopic (exact) mass is 528 g/mol. The van der Waals surface area contributed by atoms with Crippen LogP contribution in [0.2, 0.25) is 5.02 Å². The van der Waals surface area contributed by atoms with Gasteiger partial charge in [-0.3, -0.25) is 4.79 Å². The van der Waals surface area contributed by atoms with Crippen LogP contribution in [0.3, 0.4) is 0 Å². The average molecular weight is 530 g/mol. The van der Waals surface area contributed by atoms with Crippen molar-refractivity contribution >= 4 is 60.5 Å². The smallest absolute Gasteiger partial charge is 0.250 e. The van der Waals surface area contributed by atoms with E-state index in [2.05, 4.69) is 26.0 Å². The van der Waals surface area contributed by atoms with Crippen LogP contribution in [0.5, 0.6) is 5.75 Å². The highest BCUT2D eigenvalue weighted by Crippen LogP contribution is 2.28. The van der Waals surface area contributed by atoms with Crippen LogP contribution in [0.15, 0.2) is 68.7 Å². The molecular weight excluding hydrogens is 512 g/mol. The maximum Gasteiger partial charge on any atom is 0.250 e. The Kier molecular flexibility index (Phi) is 7.54. The van der Waals surface area contributed by atoms with E-state index in [9.17, 15) is 13.2 Å². The van der Waals surface area contributed by atoms with Crippen LogP contribution in [0.1, 0.15) is 5.56 Å². The summed E-state index contributed by atoms with van der Waals surface area (Å²) in [4.78, 5) is 13.0. The van der Waals surface area contributed by atoms with Gasteiger partial charge in [0.2, 0.25) is 5.91 Å². The lowest BCUT2D eigenvalue weighted by Gasteiger charge is -2.18. The highest BCUT2D eigenvalue weighted by atomic mass is 79.9. The number of carbonyl (C=O) groups excluding carboxylic acids is 1. The predicted molar refractivity (Wildman–Crippen MR) is 123 cm³/mol. The minimum atomic E-state index is -3.88. The summed E-state index contributed by atoms with van der Waals surface area (Å²) in [6.45, 7) is 0. The molecular formula is C20H18BrClN2O4S2. The molecule has 1 amide bonds. The second kappa shape index (κ2) is 9.93. The van der Waals surface area contributed by atoms with Crippen molar-refractivity contribution in [3.05, 3.63) is 75.0 Å². The zero-order valence-electron chi connectivity index (χ0n) is 15.8. The summed E-state index contributed by atoms with van der Waals surface area (Å²) in [6.07, 6.45) is 0.183. The largest absolute Gasteiger partial charge is 0.495 e. The Morgan fingerprint density at radius 2 is 1.90 bits per heavy atom. The van der Waals surface area contributed by atoms with Gasteiger partial charge < -0.3 is 10.1 Å². The van der Waals surface area contributed by atoms with Gasteiger partial charge in [0.25, 0.3) is 10.0 Å². The summed E-state index contributed by atoms with van der Waals surface area (Å²) in [5.74, 6) is -0.0289. The summed E-state index contributed by atoms with van der Waals surface area (Å²) in [5.41, 5.74) is 1.25. The Morgan fingerprint density at radius 1 is 1.17 bits per heavy atom. The molecule has 0 aliphatic carbocycles. The highest BCUT2D eigenvalue weighted by Gasteiger charge is 2.27. The first-order valence-electron chi connectivity index (χ1n) is 8.74. The number of benzene rings is 2. The fourth-order valence-electron chi connectivity index (χ4n) is 2.70. The lowest BCUT2D eigenvalue weighted by molar-refractivity contribution is -0.117. The molecule has 6 nitrogen and oxygen atoms in total. The lowest BCUT2D eigenvalue weighted by Crippen LogP contribution is -2.45. The van der Waals surface area contributed by atoms with E-state index in [0.717, 1.165) is 16.9 Å². The molecule has 3 aromatic rings. The van der Waals surface area contributed by atoms with Crippen LogP contribution >= 0.6 is 38.9 Å². The fraction of sp³-hybridized carbons (Fsp3) is 0.150. The minimum absolute atomic E-state index is 0.118. The summed E-state index contributed by atoms with van der Waals surface area (Å²) >= 11 is 10.4. The molecule has 3 rings (SSSR count). The number of anilines is 1. The van der Waals surface area contributed by atoms with E-state index in [1.54, 1.807) is 24.3 Å². The molecule has 0 radical (unpaired) electrons. The highest BCUT2D eigenvalue weighted by molar-refractivity contribution is 9.11. The maximum atomic E-state index is 13.0. The third-order valence-corrected chi connectivity index (χ3v) is 8.01. The molecule has 2 aromatic carbocycles. The number of amides is 1. The molecule has 158 valence electrons. The van der Waals surface area contributed by atoms with Crippen molar-refractivity contribution in [2.45, 2.75) is 16.7 Å². The zero-order chi connectivity index (χ0) is 21.7. The lowest BCUT2D eigenvalue weighted by atomic mass is 10.1. The third kappa shape index (κ3) is 5.83. The van der Waals surface area contributed by atoms with Gasteiger partial charge in [-0.2, -0.15) is 4.72 Å². The second-order valence-corrected chi connectivity index (χ2v) is 11.1. The van der Waals surface area contributed by atoms with E-state index >= 15 is 0 Å².